The van der Waals surface area contributed by atoms with E-state index < -0.39 is 22.2 Å². The number of hydrogen-bond acceptors (Lipinski definition) is 7. The third-order valence-corrected chi connectivity index (χ3v) is 6.63. The highest BCUT2D eigenvalue weighted by molar-refractivity contribution is 7.80. The van der Waals surface area contributed by atoms with Crippen LogP contribution in [-0.2, 0) is 22.2 Å². The first-order chi connectivity index (χ1) is 15.3. The Morgan fingerprint density at radius 3 is 2.22 bits per heavy atom. The molecule has 2 unspecified atom stereocenters. The molecule has 1 heterocycles. The molecule has 1 aromatic heterocycles. The summed E-state index contributed by atoms with van der Waals surface area (Å²) in [7, 11) is 0. The lowest BCUT2D eigenvalue weighted by molar-refractivity contribution is 0.104. The zero-order valence-corrected chi connectivity index (χ0v) is 17.7. The van der Waals surface area contributed by atoms with E-state index in [4.69, 9.17) is 0 Å². The number of pyridine rings is 1. The van der Waals surface area contributed by atoms with E-state index in [-0.39, 0.29) is 32.4 Å². The Morgan fingerprint density at radius 2 is 1.50 bits per heavy atom. The number of benzene rings is 3. The van der Waals surface area contributed by atoms with E-state index in [1.165, 1.54) is 18.2 Å². The first kappa shape index (κ1) is 20.5. The van der Waals surface area contributed by atoms with Gasteiger partial charge in [-0.1, -0.05) is 24.3 Å². The van der Waals surface area contributed by atoms with Crippen molar-refractivity contribution in [1.29, 1.82) is 0 Å². The molecule has 1 aliphatic carbocycles. The Kier molecular flexibility index (Phi) is 4.86. The number of carbonyl (C=O) groups excluding carboxylic acids is 1. The molecule has 10 heteroatoms. The van der Waals surface area contributed by atoms with E-state index in [1.807, 2.05) is 0 Å². The Morgan fingerprint density at radius 1 is 0.781 bits per heavy atom. The molecular weight excluding hydrogens is 452 g/mol. The predicted octanol–water partition coefficient (Wildman–Crippen LogP) is 2.96. The summed E-state index contributed by atoms with van der Waals surface area (Å²) in [5.41, 5.74) is 2.55. The van der Waals surface area contributed by atoms with Gasteiger partial charge in [0.15, 0.2) is 5.78 Å². The summed E-state index contributed by atoms with van der Waals surface area (Å²) in [4.78, 5) is 27.9. The SMILES string of the molecule is O=C1c2ccccc2-c2cc(=O)[nH]c3ccc(Nc4ccc(S(=O)[O-])cc4S(=O)[O-])c1c23. The van der Waals surface area contributed by atoms with Gasteiger partial charge in [0.05, 0.1) is 16.9 Å². The number of rotatable bonds is 4. The molecule has 4 aromatic rings. The van der Waals surface area contributed by atoms with Crippen LogP contribution < -0.4 is 10.9 Å². The monoisotopic (exact) mass is 464 g/mol. The number of aromatic nitrogens is 1. The molecular formula is C22H12N2O6S2-2. The number of H-pyrrole nitrogens is 1. The molecule has 0 amide bonds. The van der Waals surface area contributed by atoms with Crippen LogP contribution in [0.5, 0.6) is 0 Å². The van der Waals surface area contributed by atoms with Crippen LogP contribution in [0.25, 0.3) is 22.0 Å². The Bertz CT molecular complexity index is 1560. The van der Waals surface area contributed by atoms with Crippen molar-refractivity contribution >= 4 is 50.2 Å². The smallest absolute Gasteiger partial charge is 0.249 e. The second-order valence-corrected chi connectivity index (χ2v) is 8.94. The summed E-state index contributed by atoms with van der Waals surface area (Å²) in [6.45, 7) is 0. The topological polar surface area (TPSA) is 142 Å². The average Bonchev–Trinajstić information content (AvgIpc) is 2.77. The maximum Gasteiger partial charge on any atom is 0.249 e. The van der Waals surface area contributed by atoms with Gasteiger partial charge >= 0.3 is 0 Å². The maximum atomic E-state index is 13.4. The lowest BCUT2D eigenvalue weighted by atomic mass is 9.83. The number of anilines is 2. The number of carbonyl (C=O) groups is 1. The van der Waals surface area contributed by atoms with Crippen LogP contribution in [-0.4, -0.2) is 28.3 Å². The van der Waals surface area contributed by atoms with Crippen LogP contribution in [0.3, 0.4) is 0 Å². The third kappa shape index (κ3) is 3.21. The van der Waals surface area contributed by atoms with Crippen molar-refractivity contribution in [2.24, 2.45) is 0 Å². The van der Waals surface area contributed by atoms with Crippen LogP contribution in [0.4, 0.5) is 11.4 Å². The van der Waals surface area contributed by atoms with Gasteiger partial charge in [0.2, 0.25) is 5.56 Å². The molecule has 1 aliphatic rings. The molecule has 32 heavy (non-hydrogen) atoms. The first-order valence-electron chi connectivity index (χ1n) is 9.29. The van der Waals surface area contributed by atoms with Crippen LogP contribution >= 0.6 is 0 Å². The van der Waals surface area contributed by atoms with Crippen molar-refractivity contribution < 1.29 is 22.3 Å². The van der Waals surface area contributed by atoms with Crippen LogP contribution in [0.2, 0.25) is 0 Å². The largest absolute Gasteiger partial charge is 0.768 e. The molecule has 0 radical (unpaired) electrons. The summed E-state index contributed by atoms with van der Waals surface area (Å²) in [5, 5.41) is 3.50. The van der Waals surface area contributed by atoms with Crippen molar-refractivity contribution in [2.45, 2.75) is 9.79 Å². The minimum absolute atomic E-state index is 0.112. The molecule has 160 valence electrons. The van der Waals surface area contributed by atoms with Gasteiger partial charge < -0.3 is 19.4 Å². The van der Waals surface area contributed by atoms with Gasteiger partial charge in [-0.15, -0.1) is 0 Å². The van der Waals surface area contributed by atoms with E-state index in [2.05, 4.69) is 10.3 Å². The normalized spacial score (nSPS) is 14.1. The van der Waals surface area contributed by atoms with Crippen LogP contribution in [0.1, 0.15) is 15.9 Å². The quantitative estimate of drug-likeness (QED) is 0.389. The minimum atomic E-state index is -2.73. The lowest BCUT2D eigenvalue weighted by Crippen LogP contribution is -2.16. The van der Waals surface area contributed by atoms with Gasteiger partial charge in [-0.2, -0.15) is 0 Å². The summed E-state index contributed by atoms with van der Waals surface area (Å²) in [6.07, 6.45) is 0. The lowest BCUT2D eigenvalue weighted by Gasteiger charge is -2.23. The second-order valence-electron chi connectivity index (χ2n) is 7.09. The van der Waals surface area contributed by atoms with Gasteiger partial charge in [-0.3, -0.25) is 18.0 Å². The minimum Gasteiger partial charge on any atom is -0.768 e. The predicted molar refractivity (Wildman–Crippen MR) is 118 cm³/mol. The molecule has 0 saturated heterocycles. The molecule has 3 aromatic carbocycles. The fourth-order valence-electron chi connectivity index (χ4n) is 3.95. The fourth-order valence-corrected chi connectivity index (χ4v) is 4.94. The Hall–Kier alpha value is -3.44. The summed E-state index contributed by atoms with van der Waals surface area (Å²) >= 11 is -5.33. The van der Waals surface area contributed by atoms with Crippen molar-refractivity contribution in [1.82, 2.24) is 4.98 Å². The van der Waals surface area contributed by atoms with E-state index in [1.54, 1.807) is 36.4 Å². The molecule has 0 aliphatic heterocycles. The molecule has 0 spiro atoms. The van der Waals surface area contributed by atoms with Gasteiger partial charge in [0, 0.05) is 32.3 Å². The highest BCUT2D eigenvalue weighted by Gasteiger charge is 2.28. The standard InChI is InChI=1S/C22H14N2O6S2/c25-19-10-14-12-3-1-2-4-13(12)22(26)21-17(8-7-16(24-19)20(14)21)23-15-6-5-11(31(27)28)9-18(15)32(29)30/h1-10,23H,(H,24,25)(H,27,28)(H,29,30)/p-2. The molecule has 2 atom stereocenters. The van der Waals surface area contributed by atoms with Gasteiger partial charge in [0.1, 0.15) is 0 Å². The van der Waals surface area contributed by atoms with Gasteiger partial charge in [-0.25, -0.2) is 0 Å². The van der Waals surface area contributed by atoms with Crippen molar-refractivity contribution in [3.8, 4) is 11.1 Å². The summed E-state index contributed by atoms with van der Waals surface area (Å²) < 4.78 is 45.9. The Labute approximate surface area is 185 Å². The zero-order valence-electron chi connectivity index (χ0n) is 16.0. The first-order valence-corrected chi connectivity index (χ1v) is 11.4. The molecule has 0 bridgehead atoms. The average molecular weight is 464 g/mol. The Balaban J connectivity index is 1.76. The number of hydrogen-bond donors (Lipinski definition) is 2. The van der Waals surface area contributed by atoms with Gasteiger partial charge in [-0.05, 0) is 63.6 Å². The van der Waals surface area contributed by atoms with E-state index in [9.17, 15) is 27.1 Å². The molecule has 0 fully saturated rings. The van der Waals surface area contributed by atoms with E-state index >= 15 is 0 Å². The van der Waals surface area contributed by atoms with Crippen molar-refractivity contribution in [3.05, 3.63) is 82.1 Å². The number of ketones is 1. The van der Waals surface area contributed by atoms with E-state index in [0.29, 0.717) is 33.3 Å². The van der Waals surface area contributed by atoms with Crippen molar-refractivity contribution in [2.75, 3.05) is 5.32 Å². The van der Waals surface area contributed by atoms with Gasteiger partial charge in [0.25, 0.3) is 0 Å². The van der Waals surface area contributed by atoms with Crippen molar-refractivity contribution in [3.63, 3.8) is 0 Å². The maximum absolute atomic E-state index is 13.4. The second kappa shape index (κ2) is 7.61. The van der Waals surface area contributed by atoms with Crippen LogP contribution in [0, 0.1) is 0 Å². The summed E-state index contributed by atoms with van der Waals surface area (Å²) in [5.74, 6) is -0.282. The molecule has 8 nitrogen and oxygen atoms in total. The number of nitrogens with one attached hydrogen (secondary N) is 2. The zero-order chi connectivity index (χ0) is 22.6. The molecule has 5 rings (SSSR count). The highest BCUT2D eigenvalue weighted by Crippen LogP contribution is 2.41. The van der Waals surface area contributed by atoms with E-state index in [0.717, 1.165) is 6.07 Å². The third-order valence-electron chi connectivity index (χ3n) is 5.29. The highest BCUT2D eigenvalue weighted by atomic mass is 32.2. The number of aromatic amines is 1. The molecule has 0 saturated carbocycles. The fraction of sp³-hybridized carbons (Fsp3) is 0. The van der Waals surface area contributed by atoms with Crippen LogP contribution in [0.15, 0.2) is 75.2 Å². The number of fused-ring (bicyclic) bond motifs is 2. The molecule has 2 N–H and O–H groups in total. The summed E-state index contributed by atoms with van der Waals surface area (Å²) in [6, 6.07) is 15.2.